The Morgan fingerprint density at radius 1 is 1.53 bits per heavy atom. The Bertz CT molecular complexity index is 224. The first-order chi connectivity index (χ1) is 8.22. The molecule has 17 heavy (non-hydrogen) atoms. The number of carbonyl (C=O) groups is 1. The summed E-state index contributed by atoms with van der Waals surface area (Å²) in [4.78, 5) is 12.9. The van der Waals surface area contributed by atoms with E-state index in [9.17, 15) is 4.79 Å². The zero-order valence-corrected chi connectivity index (χ0v) is 10.8. The number of unbranched alkanes of at least 4 members (excludes halogenated alkanes) is 1. The highest BCUT2D eigenvalue weighted by atomic mass is 16.5. The van der Waals surface area contributed by atoms with E-state index in [1.165, 1.54) is 0 Å². The first-order valence-electron chi connectivity index (χ1n) is 6.55. The standard InChI is InChI=1S/C12H25N3O2/c1-2-15-7-8-17-11(10-15)9-14-6-4-3-5-12(13)16/h11,14H,2-10H2,1H3,(H2,13,16). The number of amides is 1. The monoisotopic (exact) mass is 243 g/mol. The Kier molecular flexibility index (Phi) is 7.16. The second kappa shape index (κ2) is 8.44. The number of hydrogen-bond acceptors (Lipinski definition) is 4. The van der Waals surface area contributed by atoms with Crippen LogP contribution in [0.5, 0.6) is 0 Å². The lowest BCUT2D eigenvalue weighted by atomic mass is 10.2. The summed E-state index contributed by atoms with van der Waals surface area (Å²) in [7, 11) is 0. The molecular formula is C12H25N3O2. The molecule has 1 heterocycles. The van der Waals surface area contributed by atoms with Gasteiger partial charge in [0.15, 0.2) is 0 Å². The second-order valence-corrected chi connectivity index (χ2v) is 4.51. The van der Waals surface area contributed by atoms with Crippen LogP contribution in [0.15, 0.2) is 0 Å². The summed E-state index contributed by atoms with van der Waals surface area (Å²) in [6.45, 7) is 8.00. The highest BCUT2D eigenvalue weighted by molar-refractivity contribution is 5.73. The average molecular weight is 243 g/mol. The van der Waals surface area contributed by atoms with E-state index in [1.807, 2.05) is 0 Å². The molecule has 1 saturated heterocycles. The maximum atomic E-state index is 10.5. The molecule has 0 spiro atoms. The van der Waals surface area contributed by atoms with Crippen LogP contribution < -0.4 is 11.1 Å². The molecule has 0 bridgehead atoms. The van der Waals surface area contributed by atoms with Gasteiger partial charge in [-0.05, 0) is 25.9 Å². The van der Waals surface area contributed by atoms with E-state index in [2.05, 4.69) is 17.1 Å². The van der Waals surface area contributed by atoms with Crippen LogP contribution in [0.1, 0.15) is 26.2 Å². The number of nitrogens with one attached hydrogen (secondary N) is 1. The van der Waals surface area contributed by atoms with E-state index < -0.39 is 0 Å². The quantitative estimate of drug-likeness (QED) is 0.587. The normalized spacial score (nSPS) is 21.6. The third-order valence-corrected chi connectivity index (χ3v) is 3.07. The first kappa shape index (κ1) is 14.4. The Morgan fingerprint density at radius 3 is 3.06 bits per heavy atom. The van der Waals surface area contributed by atoms with Gasteiger partial charge in [0.25, 0.3) is 0 Å². The predicted octanol–water partition coefficient (Wildman–Crippen LogP) is -0.0477. The molecule has 0 aromatic heterocycles. The van der Waals surface area contributed by atoms with Crippen molar-refractivity contribution in [1.29, 1.82) is 0 Å². The predicted molar refractivity (Wildman–Crippen MR) is 67.8 cm³/mol. The molecule has 0 aromatic carbocycles. The Hall–Kier alpha value is -0.650. The fraction of sp³-hybridized carbons (Fsp3) is 0.917. The van der Waals surface area contributed by atoms with Crippen LogP contribution in [-0.2, 0) is 9.53 Å². The van der Waals surface area contributed by atoms with Gasteiger partial charge in [0.1, 0.15) is 0 Å². The van der Waals surface area contributed by atoms with E-state index in [0.717, 1.165) is 52.2 Å². The maximum absolute atomic E-state index is 10.5. The SMILES string of the molecule is CCN1CCOC(CNCCCCC(N)=O)C1. The number of likely N-dealkylation sites (N-methyl/N-ethyl adjacent to an activating group) is 1. The molecule has 5 heteroatoms. The largest absolute Gasteiger partial charge is 0.374 e. The number of ether oxygens (including phenoxy) is 1. The third-order valence-electron chi connectivity index (χ3n) is 3.07. The van der Waals surface area contributed by atoms with Crippen LogP contribution in [0, 0.1) is 0 Å². The molecule has 1 fully saturated rings. The topological polar surface area (TPSA) is 67.6 Å². The minimum absolute atomic E-state index is 0.209. The van der Waals surface area contributed by atoms with Crippen LogP contribution in [0.25, 0.3) is 0 Å². The van der Waals surface area contributed by atoms with E-state index in [-0.39, 0.29) is 5.91 Å². The molecule has 1 aliphatic heterocycles. The van der Waals surface area contributed by atoms with Gasteiger partial charge in [-0.2, -0.15) is 0 Å². The molecule has 1 amide bonds. The minimum atomic E-state index is -0.209. The Balaban J connectivity index is 1.97. The summed E-state index contributed by atoms with van der Waals surface area (Å²) in [5.74, 6) is -0.209. The lowest BCUT2D eigenvalue weighted by Crippen LogP contribution is -2.46. The van der Waals surface area contributed by atoms with Crippen LogP contribution in [0.4, 0.5) is 0 Å². The summed E-state index contributed by atoms with van der Waals surface area (Å²) >= 11 is 0. The molecule has 1 atom stereocenters. The van der Waals surface area contributed by atoms with Crippen molar-refractivity contribution in [2.75, 3.05) is 39.3 Å². The fourth-order valence-electron chi connectivity index (χ4n) is 2.00. The molecule has 5 nitrogen and oxygen atoms in total. The Morgan fingerprint density at radius 2 is 2.35 bits per heavy atom. The Labute approximate surface area is 104 Å². The van der Waals surface area contributed by atoms with E-state index in [4.69, 9.17) is 10.5 Å². The van der Waals surface area contributed by atoms with Crippen molar-refractivity contribution in [2.24, 2.45) is 5.73 Å². The van der Waals surface area contributed by atoms with Gasteiger partial charge in [0.2, 0.25) is 5.91 Å². The van der Waals surface area contributed by atoms with E-state index in [1.54, 1.807) is 0 Å². The first-order valence-corrected chi connectivity index (χ1v) is 6.55. The van der Waals surface area contributed by atoms with Gasteiger partial charge in [0.05, 0.1) is 12.7 Å². The molecule has 1 unspecified atom stereocenters. The van der Waals surface area contributed by atoms with Gasteiger partial charge in [-0.15, -0.1) is 0 Å². The summed E-state index contributed by atoms with van der Waals surface area (Å²) in [6.07, 6.45) is 2.66. The maximum Gasteiger partial charge on any atom is 0.217 e. The molecule has 3 N–H and O–H groups in total. The zero-order valence-electron chi connectivity index (χ0n) is 10.8. The number of rotatable bonds is 8. The molecule has 1 aliphatic rings. The molecule has 1 rings (SSSR count). The summed E-state index contributed by atoms with van der Waals surface area (Å²) in [6, 6.07) is 0. The van der Waals surface area contributed by atoms with Crippen LogP contribution in [0.3, 0.4) is 0 Å². The average Bonchev–Trinajstić information content (AvgIpc) is 2.33. The summed E-state index contributed by atoms with van der Waals surface area (Å²) in [5, 5.41) is 3.37. The molecule has 0 aromatic rings. The van der Waals surface area contributed by atoms with Gasteiger partial charge < -0.3 is 15.8 Å². The number of primary amides is 1. The van der Waals surface area contributed by atoms with Crippen LogP contribution in [-0.4, -0.2) is 56.2 Å². The van der Waals surface area contributed by atoms with Crippen molar-refractivity contribution in [3.63, 3.8) is 0 Å². The summed E-state index contributed by atoms with van der Waals surface area (Å²) < 4.78 is 5.68. The van der Waals surface area contributed by atoms with Gasteiger partial charge in [-0.1, -0.05) is 6.92 Å². The molecule has 0 radical (unpaired) electrons. The number of nitrogens with zero attached hydrogens (tertiary/aromatic N) is 1. The molecule has 0 aliphatic carbocycles. The number of morpholine rings is 1. The second-order valence-electron chi connectivity index (χ2n) is 4.51. The van der Waals surface area contributed by atoms with Gasteiger partial charge >= 0.3 is 0 Å². The van der Waals surface area contributed by atoms with Crippen LogP contribution >= 0.6 is 0 Å². The van der Waals surface area contributed by atoms with Crippen molar-refractivity contribution < 1.29 is 9.53 Å². The number of carbonyl (C=O) groups excluding carboxylic acids is 1. The highest BCUT2D eigenvalue weighted by Gasteiger charge is 2.18. The van der Waals surface area contributed by atoms with Crippen molar-refractivity contribution in [1.82, 2.24) is 10.2 Å². The van der Waals surface area contributed by atoms with Crippen molar-refractivity contribution >= 4 is 5.91 Å². The van der Waals surface area contributed by atoms with E-state index >= 15 is 0 Å². The number of nitrogens with two attached hydrogens (primary N) is 1. The van der Waals surface area contributed by atoms with Crippen LogP contribution in [0.2, 0.25) is 0 Å². The lowest BCUT2D eigenvalue weighted by Gasteiger charge is -2.32. The van der Waals surface area contributed by atoms with Gasteiger partial charge in [0, 0.05) is 26.1 Å². The number of hydrogen-bond donors (Lipinski definition) is 2. The van der Waals surface area contributed by atoms with E-state index in [0.29, 0.717) is 12.5 Å². The molecule has 100 valence electrons. The fourth-order valence-corrected chi connectivity index (χ4v) is 2.00. The minimum Gasteiger partial charge on any atom is -0.374 e. The van der Waals surface area contributed by atoms with Gasteiger partial charge in [-0.25, -0.2) is 0 Å². The summed E-state index contributed by atoms with van der Waals surface area (Å²) in [5.41, 5.74) is 5.07. The molecular weight excluding hydrogens is 218 g/mol. The zero-order chi connectivity index (χ0) is 12.5. The lowest BCUT2D eigenvalue weighted by molar-refractivity contribution is -0.118. The van der Waals surface area contributed by atoms with Crippen molar-refractivity contribution in [3.05, 3.63) is 0 Å². The highest BCUT2D eigenvalue weighted by Crippen LogP contribution is 2.03. The van der Waals surface area contributed by atoms with Crippen molar-refractivity contribution in [2.45, 2.75) is 32.3 Å². The van der Waals surface area contributed by atoms with Crippen molar-refractivity contribution in [3.8, 4) is 0 Å². The molecule has 0 saturated carbocycles. The van der Waals surface area contributed by atoms with Gasteiger partial charge in [-0.3, -0.25) is 9.69 Å². The smallest absolute Gasteiger partial charge is 0.217 e. The third kappa shape index (κ3) is 6.61.